The zero-order chi connectivity index (χ0) is 29.8. The van der Waals surface area contributed by atoms with E-state index in [0.29, 0.717) is 11.1 Å². The van der Waals surface area contributed by atoms with E-state index in [4.69, 9.17) is 10.5 Å². The molecule has 0 heterocycles. The average Bonchev–Trinajstić information content (AvgIpc) is 3.05. The van der Waals surface area contributed by atoms with Gasteiger partial charge in [-0.2, -0.15) is 10.5 Å². The van der Waals surface area contributed by atoms with Gasteiger partial charge in [-0.05, 0) is 121 Å². The van der Waals surface area contributed by atoms with Crippen LogP contribution in [0.1, 0.15) is 27.8 Å². The van der Waals surface area contributed by atoms with Crippen LogP contribution in [0, 0.1) is 33.2 Å². The van der Waals surface area contributed by atoms with Gasteiger partial charge in [-0.25, -0.2) is 0 Å². The lowest BCUT2D eigenvalue weighted by molar-refractivity contribution is 1.19. The molecule has 0 aliphatic heterocycles. The van der Waals surface area contributed by atoms with E-state index in [1.165, 1.54) is 33.4 Å². The second kappa shape index (κ2) is 12.5. The molecule has 0 atom stereocenters. The van der Waals surface area contributed by atoms with E-state index in [1.807, 2.05) is 43.3 Å². The molecule has 3 heteroatoms. The first-order chi connectivity index (χ1) is 21.0. The molecular formula is C40H27IN2. The molecule has 6 rings (SSSR count). The highest BCUT2D eigenvalue weighted by Gasteiger charge is 2.07. The SMILES string of the molecule is Cc1cc(C#N)ccc1-c1ccc(-c2ccc(Cc3ccc(-c4ccc(-c5ccc(C#N)cc5I)cc4)cc3)cc2)cc1. The summed E-state index contributed by atoms with van der Waals surface area (Å²) in [4.78, 5) is 0. The maximum absolute atomic E-state index is 9.14. The molecular weight excluding hydrogens is 635 g/mol. The Labute approximate surface area is 266 Å². The van der Waals surface area contributed by atoms with Crippen molar-refractivity contribution in [2.75, 3.05) is 0 Å². The molecule has 6 aromatic carbocycles. The van der Waals surface area contributed by atoms with E-state index >= 15 is 0 Å². The highest BCUT2D eigenvalue weighted by atomic mass is 127. The Bertz CT molecular complexity index is 1840. The van der Waals surface area contributed by atoms with Gasteiger partial charge in [0.25, 0.3) is 0 Å². The van der Waals surface area contributed by atoms with Gasteiger partial charge in [0.2, 0.25) is 0 Å². The predicted octanol–water partition coefficient (Wildman–Crippen LogP) is 10.6. The average molecular weight is 663 g/mol. The summed E-state index contributed by atoms with van der Waals surface area (Å²) in [6.07, 6.45) is 0.882. The smallest absolute Gasteiger partial charge is 0.0991 e. The Kier molecular flexibility index (Phi) is 8.18. The first-order valence-corrected chi connectivity index (χ1v) is 15.2. The highest BCUT2D eigenvalue weighted by Crippen LogP contribution is 2.30. The molecule has 0 unspecified atom stereocenters. The molecule has 6 aromatic rings. The fraction of sp³-hybridized carbons (Fsp3) is 0.0500. The summed E-state index contributed by atoms with van der Waals surface area (Å²) in [5.41, 5.74) is 14.4. The van der Waals surface area contributed by atoms with Crippen LogP contribution in [0.3, 0.4) is 0 Å². The van der Waals surface area contributed by atoms with Gasteiger partial charge in [-0.3, -0.25) is 0 Å². The summed E-state index contributed by atoms with van der Waals surface area (Å²) in [7, 11) is 0. The fourth-order valence-corrected chi connectivity index (χ4v) is 6.25. The molecule has 0 aliphatic rings. The number of aryl methyl sites for hydroxylation is 1. The summed E-state index contributed by atoms with van der Waals surface area (Å²) in [6, 6.07) is 51.0. The van der Waals surface area contributed by atoms with Crippen LogP contribution in [0.4, 0.5) is 0 Å². The molecule has 0 aromatic heterocycles. The molecule has 0 spiro atoms. The van der Waals surface area contributed by atoms with Gasteiger partial charge in [0.05, 0.1) is 23.3 Å². The lowest BCUT2D eigenvalue weighted by atomic mass is 9.95. The van der Waals surface area contributed by atoms with Crippen LogP contribution in [0.15, 0.2) is 133 Å². The van der Waals surface area contributed by atoms with Gasteiger partial charge in [0, 0.05) is 3.57 Å². The Morgan fingerprint density at radius 2 is 0.837 bits per heavy atom. The molecule has 0 saturated heterocycles. The number of nitrogens with zero attached hydrogens (tertiary/aromatic N) is 2. The van der Waals surface area contributed by atoms with Crippen LogP contribution in [-0.2, 0) is 6.42 Å². The number of hydrogen-bond donors (Lipinski definition) is 0. The number of hydrogen-bond acceptors (Lipinski definition) is 2. The van der Waals surface area contributed by atoms with E-state index < -0.39 is 0 Å². The normalized spacial score (nSPS) is 10.6. The predicted molar refractivity (Wildman–Crippen MR) is 184 cm³/mol. The van der Waals surface area contributed by atoms with E-state index in [0.717, 1.165) is 37.8 Å². The highest BCUT2D eigenvalue weighted by molar-refractivity contribution is 14.1. The Balaban J connectivity index is 1.11. The van der Waals surface area contributed by atoms with Crippen molar-refractivity contribution >= 4 is 22.6 Å². The summed E-state index contributed by atoms with van der Waals surface area (Å²) >= 11 is 2.30. The maximum Gasteiger partial charge on any atom is 0.0991 e. The van der Waals surface area contributed by atoms with E-state index in [9.17, 15) is 0 Å². The number of halogens is 1. The third kappa shape index (κ3) is 6.28. The van der Waals surface area contributed by atoms with Crippen LogP contribution in [0.25, 0.3) is 44.5 Å². The second-order valence-electron chi connectivity index (χ2n) is 10.7. The van der Waals surface area contributed by atoms with Crippen molar-refractivity contribution in [3.05, 3.63) is 165 Å². The van der Waals surface area contributed by atoms with Gasteiger partial charge in [0.1, 0.15) is 0 Å². The third-order valence-electron chi connectivity index (χ3n) is 7.83. The number of nitriles is 2. The van der Waals surface area contributed by atoms with Gasteiger partial charge >= 0.3 is 0 Å². The lowest BCUT2D eigenvalue weighted by Gasteiger charge is -2.10. The van der Waals surface area contributed by atoms with Crippen LogP contribution in [0.5, 0.6) is 0 Å². The van der Waals surface area contributed by atoms with Crippen molar-refractivity contribution in [3.8, 4) is 56.6 Å². The molecule has 0 bridgehead atoms. The Hall–Kier alpha value is -4.97. The molecule has 0 N–H and O–H groups in total. The third-order valence-corrected chi connectivity index (χ3v) is 8.72. The first-order valence-electron chi connectivity index (χ1n) is 14.1. The zero-order valence-corrected chi connectivity index (χ0v) is 25.8. The van der Waals surface area contributed by atoms with E-state index in [-0.39, 0.29) is 0 Å². The van der Waals surface area contributed by atoms with Crippen LogP contribution >= 0.6 is 22.6 Å². The van der Waals surface area contributed by atoms with Crippen LogP contribution in [0.2, 0.25) is 0 Å². The van der Waals surface area contributed by atoms with Crippen molar-refractivity contribution in [3.63, 3.8) is 0 Å². The maximum atomic E-state index is 9.14. The van der Waals surface area contributed by atoms with E-state index in [1.54, 1.807) is 0 Å². The molecule has 0 aliphatic carbocycles. The fourth-order valence-electron chi connectivity index (χ4n) is 5.43. The largest absolute Gasteiger partial charge is 0.192 e. The van der Waals surface area contributed by atoms with Crippen molar-refractivity contribution in [1.29, 1.82) is 10.5 Å². The van der Waals surface area contributed by atoms with Crippen molar-refractivity contribution in [2.24, 2.45) is 0 Å². The zero-order valence-electron chi connectivity index (χ0n) is 23.7. The lowest BCUT2D eigenvalue weighted by Crippen LogP contribution is -1.89. The molecule has 204 valence electrons. The molecule has 0 amide bonds. The van der Waals surface area contributed by atoms with Crippen molar-refractivity contribution in [1.82, 2.24) is 0 Å². The van der Waals surface area contributed by atoms with Gasteiger partial charge in [-0.1, -0.05) is 109 Å². The topological polar surface area (TPSA) is 47.6 Å². The molecule has 2 nitrogen and oxygen atoms in total. The Morgan fingerprint density at radius 3 is 1.26 bits per heavy atom. The van der Waals surface area contributed by atoms with Gasteiger partial charge in [-0.15, -0.1) is 0 Å². The number of benzene rings is 6. The van der Waals surface area contributed by atoms with Crippen LogP contribution < -0.4 is 0 Å². The molecule has 0 radical (unpaired) electrons. The standard InChI is InChI=1S/C40H27IN2/c1-27-22-30(25-42)6-20-38(27)36-16-12-34(13-17-36)32-8-2-28(3-9-32)23-29-4-10-33(11-5-29)35-14-18-37(19-15-35)39-21-7-31(26-43)24-40(39)41/h2-22,24H,23H2,1H3. The first kappa shape index (κ1) is 28.2. The van der Waals surface area contributed by atoms with Gasteiger partial charge < -0.3 is 0 Å². The monoisotopic (exact) mass is 662 g/mol. The summed E-state index contributed by atoms with van der Waals surface area (Å²) < 4.78 is 1.08. The van der Waals surface area contributed by atoms with E-state index in [2.05, 4.69) is 132 Å². The number of rotatable bonds is 6. The summed E-state index contributed by atoms with van der Waals surface area (Å²) in [5, 5.41) is 18.3. The van der Waals surface area contributed by atoms with Crippen molar-refractivity contribution < 1.29 is 0 Å². The second-order valence-corrected chi connectivity index (χ2v) is 11.8. The minimum Gasteiger partial charge on any atom is -0.192 e. The minimum atomic E-state index is 0.683. The summed E-state index contributed by atoms with van der Waals surface area (Å²) in [6.45, 7) is 2.05. The summed E-state index contributed by atoms with van der Waals surface area (Å²) in [5.74, 6) is 0. The minimum absolute atomic E-state index is 0.683. The van der Waals surface area contributed by atoms with Crippen LogP contribution in [-0.4, -0.2) is 0 Å². The molecule has 0 saturated carbocycles. The molecule has 43 heavy (non-hydrogen) atoms. The van der Waals surface area contributed by atoms with Crippen molar-refractivity contribution in [2.45, 2.75) is 13.3 Å². The molecule has 0 fully saturated rings. The van der Waals surface area contributed by atoms with Gasteiger partial charge in [0.15, 0.2) is 0 Å². The Morgan fingerprint density at radius 1 is 0.465 bits per heavy atom. The quantitative estimate of drug-likeness (QED) is 0.167.